The molecule has 0 radical (unpaired) electrons. The van der Waals surface area contributed by atoms with Crippen LogP contribution in [-0.2, 0) is 15.7 Å². The number of guanidine groups is 1. The largest absolute Gasteiger partial charge is 0.411 e. The van der Waals surface area contributed by atoms with Crippen molar-refractivity contribution >= 4 is 21.6 Å². The standard InChI is InChI=1S/C14H18F4N5O3S/c1-20-13(19)22-6-2-3-12(14(16,17)18)21-27(22,26)8-9-7-10(23(24)25)4-5-11(9)15/h4-5,7,12H,2-3,6,8H2,1H3,(H2,19,20)(H,24,25)/q+1. The van der Waals surface area contributed by atoms with E-state index in [0.717, 1.165) is 22.5 Å². The maximum Gasteiger partial charge on any atom is 0.411 e. The van der Waals surface area contributed by atoms with Crippen molar-refractivity contribution in [3.05, 3.63) is 34.5 Å². The van der Waals surface area contributed by atoms with E-state index in [1.807, 2.05) is 0 Å². The summed E-state index contributed by atoms with van der Waals surface area (Å²) in [7, 11) is -2.62. The first-order chi connectivity index (χ1) is 12.5. The molecule has 150 valence electrons. The summed E-state index contributed by atoms with van der Waals surface area (Å²) in [6, 6.07) is 0.463. The van der Waals surface area contributed by atoms with Gasteiger partial charge in [-0.05, 0) is 18.9 Å². The number of aliphatic imine (C=N–C) groups is 1. The molecule has 8 nitrogen and oxygen atoms in total. The summed E-state index contributed by atoms with van der Waals surface area (Å²) in [5.41, 5.74) is 4.95. The smallest absolute Gasteiger partial charge is 0.369 e. The predicted molar refractivity (Wildman–Crippen MR) is 89.1 cm³/mol. The number of nitrogens with zero attached hydrogens (tertiary/aromatic N) is 4. The molecule has 27 heavy (non-hydrogen) atoms. The lowest BCUT2D eigenvalue weighted by Gasteiger charge is -2.26. The molecule has 0 amide bonds. The minimum atomic E-state index is -4.73. The van der Waals surface area contributed by atoms with Crippen LogP contribution in [0.25, 0.3) is 0 Å². The van der Waals surface area contributed by atoms with E-state index in [1.54, 1.807) is 0 Å². The maximum absolute atomic E-state index is 14.1. The fraction of sp³-hybridized carbons (Fsp3) is 0.500. The van der Waals surface area contributed by atoms with Crippen molar-refractivity contribution in [3.63, 3.8) is 0 Å². The van der Waals surface area contributed by atoms with E-state index in [0.29, 0.717) is 0 Å². The molecule has 3 N–H and O–H groups in total. The Kier molecular flexibility index (Phi) is 5.92. The highest BCUT2D eigenvalue weighted by molar-refractivity contribution is 7.91. The highest BCUT2D eigenvalue weighted by Crippen LogP contribution is 2.32. The normalized spacial score (nSPS) is 24.3. The molecule has 13 heteroatoms. The van der Waals surface area contributed by atoms with E-state index < -0.39 is 45.0 Å². The van der Waals surface area contributed by atoms with E-state index in [-0.39, 0.29) is 30.2 Å². The van der Waals surface area contributed by atoms with Gasteiger partial charge >= 0.3 is 11.9 Å². The van der Waals surface area contributed by atoms with Crippen LogP contribution in [0.5, 0.6) is 0 Å². The minimum absolute atomic E-state index is 0.00557. The van der Waals surface area contributed by atoms with Crippen molar-refractivity contribution in [1.29, 1.82) is 0 Å². The molecule has 2 atom stereocenters. The molecule has 1 heterocycles. The average molecular weight is 412 g/mol. The summed E-state index contributed by atoms with van der Waals surface area (Å²) >= 11 is 0. The summed E-state index contributed by atoms with van der Waals surface area (Å²) in [6.45, 7) is -0.118. The average Bonchev–Trinajstić information content (AvgIpc) is 2.75. The predicted octanol–water partition coefficient (Wildman–Crippen LogP) is 2.48. The van der Waals surface area contributed by atoms with Crippen LogP contribution < -0.4 is 5.73 Å². The molecule has 0 aromatic heterocycles. The topological polar surface area (TPSA) is 111 Å². The van der Waals surface area contributed by atoms with Gasteiger partial charge in [0.05, 0.1) is 10.7 Å². The lowest BCUT2D eigenvalue weighted by molar-refractivity contribution is -0.729. The number of hydrogen-bond acceptors (Lipinski definition) is 4. The molecule has 2 unspecified atom stereocenters. The third kappa shape index (κ3) is 4.64. The van der Waals surface area contributed by atoms with E-state index in [2.05, 4.69) is 9.36 Å². The lowest BCUT2D eigenvalue weighted by atomic mass is 10.1. The fourth-order valence-electron chi connectivity index (χ4n) is 2.58. The van der Waals surface area contributed by atoms with Crippen molar-refractivity contribution in [3.8, 4) is 0 Å². The highest BCUT2D eigenvalue weighted by Gasteiger charge is 2.43. The Hall–Kier alpha value is -2.44. The molecule has 0 aliphatic carbocycles. The first kappa shape index (κ1) is 20.9. The molecule has 0 fully saturated rings. The van der Waals surface area contributed by atoms with Crippen LogP contribution >= 0.6 is 0 Å². The van der Waals surface area contributed by atoms with Gasteiger partial charge in [0.15, 0.2) is 6.04 Å². The van der Waals surface area contributed by atoms with E-state index >= 15 is 0 Å². The Morgan fingerprint density at radius 2 is 2.19 bits per heavy atom. The van der Waals surface area contributed by atoms with Gasteiger partial charge in [-0.1, -0.05) is 0 Å². The van der Waals surface area contributed by atoms with Crippen molar-refractivity contribution in [1.82, 2.24) is 4.31 Å². The number of rotatable bonds is 3. The van der Waals surface area contributed by atoms with Crippen LogP contribution in [-0.4, -0.2) is 50.4 Å². The Labute approximate surface area is 152 Å². The summed E-state index contributed by atoms with van der Waals surface area (Å²) in [4.78, 5) is 14.1. The molecule has 0 bridgehead atoms. The molecular weight excluding hydrogens is 394 g/mol. The number of halogens is 4. The Morgan fingerprint density at radius 1 is 1.52 bits per heavy atom. The zero-order valence-corrected chi connectivity index (χ0v) is 15.0. The number of hydrogen-bond donors (Lipinski definition) is 2. The highest BCUT2D eigenvalue weighted by atomic mass is 32.2. The maximum atomic E-state index is 14.1. The van der Waals surface area contributed by atoms with Gasteiger partial charge in [0.1, 0.15) is 15.7 Å². The number of nitrogens with two attached hydrogens (primary N) is 1. The zero-order chi connectivity index (χ0) is 20.4. The van der Waals surface area contributed by atoms with Crippen LogP contribution in [0.1, 0.15) is 18.4 Å². The molecule has 1 aliphatic rings. The van der Waals surface area contributed by atoms with E-state index in [9.17, 15) is 26.7 Å². The van der Waals surface area contributed by atoms with Crippen LogP contribution in [0.2, 0.25) is 0 Å². The van der Waals surface area contributed by atoms with Crippen LogP contribution in [0.4, 0.5) is 23.2 Å². The monoisotopic (exact) mass is 412 g/mol. The molecular formula is C14H18F4N5O3S+. The zero-order valence-electron chi connectivity index (χ0n) is 14.2. The van der Waals surface area contributed by atoms with Crippen molar-refractivity contribution in [2.75, 3.05) is 13.6 Å². The summed E-state index contributed by atoms with van der Waals surface area (Å²) in [5.74, 6) is -1.99. The second-order valence-electron chi connectivity index (χ2n) is 5.79. The van der Waals surface area contributed by atoms with Gasteiger partial charge in [-0.2, -0.15) is 13.2 Å². The summed E-state index contributed by atoms with van der Waals surface area (Å²) < 4.78 is 71.6. The van der Waals surface area contributed by atoms with Gasteiger partial charge in [-0.15, -0.1) is 0 Å². The lowest BCUT2D eigenvalue weighted by Crippen LogP contribution is -2.42. The second-order valence-corrected chi connectivity index (χ2v) is 7.94. The quantitative estimate of drug-likeness (QED) is 0.344. The SMILES string of the molecule is C/N=C(/N)N1CCCC(C(F)(F)F)N=S1(=O)Cc1cc([N+](=O)O)ccc1F. The molecule has 0 saturated heterocycles. The van der Waals surface area contributed by atoms with Crippen molar-refractivity contribution in [2.45, 2.75) is 30.8 Å². The van der Waals surface area contributed by atoms with Gasteiger partial charge in [0.2, 0.25) is 5.96 Å². The van der Waals surface area contributed by atoms with Crippen LogP contribution in [0.15, 0.2) is 27.6 Å². The number of benzene rings is 1. The third-order valence-electron chi connectivity index (χ3n) is 3.93. The first-order valence-electron chi connectivity index (χ1n) is 7.73. The molecule has 0 spiro atoms. The summed E-state index contributed by atoms with van der Waals surface area (Å²) in [5, 5.41) is 8.94. The van der Waals surface area contributed by atoms with Crippen LogP contribution in [0.3, 0.4) is 0 Å². The molecule has 0 saturated carbocycles. The molecule has 2 rings (SSSR count). The van der Waals surface area contributed by atoms with Crippen LogP contribution in [0, 0.1) is 10.7 Å². The molecule has 1 aromatic rings. The fourth-order valence-corrected chi connectivity index (χ4v) is 4.96. The molecule has 1 aromatic carbocycles. The Bertz CT molecular complexity index is 880. The Morgan fingerprint density at radius 3 is 2.74 bits per heavy atom. The van der Waals surface area contributed by atoms with Gasteiger partial charge in [-0.3, -0.25) is 9.30 Å². The molecule has 1 aliphatic heterocycles. The summed E-state index contributed by atoms with van der Waals surface area (Å²) in [6.07, 6.45) is -5.13. The van der Waals surface area contributed by atoms with Gasteiger partial charge in [0.25, 0.3) is 4.92 Å². The second kappa shape index (κ2) is 7.66. The van der Waals surface area contributed by atoms with E-state index in [4.69, 9.17) is 10.9 Å². The number of alkyl halides is 3. The van der Waals surface area contributed by atoms with Gasteiger partial charge < -0.3 is 5.73 Å². The third-order valence-corrected chi connectivity index (χ3v) is 6.26. The van der Waals surface area contributed by atoms with Gasteiger partial charge in [0, 0.05) is 31.3 Å². The Balaban J connectivity index is 2.61. The van der Waals surface area contributed by atoms with Gasteiger partial charge in [-0.25, -0.2) is 18.2 Å². The van der Waals surface area contributed by atoms with Crippen molar-refractivity contribution in [2.24, 2.45) is 15.1 Å². The first-order valence-corrected chi connectivity index (χ1v) is 9.37. The minimum Gasteiger partial charge on any atom is -0.369 e. The van der Waals surface area contributed by atoms with E-state index in [1.165, 1.54) is 7.05 Å². The van der Waals surface area contributed by atoms with Crippen molar-refractivity contribution < 1.29 is 31.9 Å².